The van der Waals surface area contributed by atoms with E-state index in [4.69, 9.17) is 9.84 Å². The van der Waals surface area contributed by atoms with E-state index in [0.29, 0.717) is 30.2 Å². The Morgan fingerprint density at radius 3 is 2.61 bits per heavy atom. The maximum atomic E-state index is 13.2. The van der Waals surface area contributed by atoms with Crippen molar-refractivity contribution < 1.29 is 30.0 Å². The summed E-state index contributed by atoms with van der Waals surface area (Å²) in [6, 6.07) is 9.67. The van der Waals surface area contributed by atoms with Gasteiger partial charge in [-0.2, -0.15) is 5.10 Å². The molecule has 196 valence electrons. The molecule has 10 heteroatoms. The number of ether oxygens (including phenoxy) is 1. The molecule has 0 saturated carbocycles. The fourth-order valence-electron chi connectivity index (χ4n) is 3.91. The molecule has 2 heterocycles. The van der Waals surface area contributed by atoms with Gasteiger partial charge in [-0.3, -0.25) is 9.48 Å². The van der Waals surface area contributed by atoms with Gasteiger partial charge in [0.1, 0.15) is 17.5 Å². The average molecular weight is 501 g/mol. The van der Waals surface area contributed by atoms with E-state index in [1.165, 1.54) is 15.3 Å². The van der Waals surface area contributed by atoms with E-state index >= 15 is 0 Å². The number of carbonyl (C=O) groups is 1. The van der Waals surface area contributed by atoms with Crippen LogP contribution in [-0.2, 0) is 17.8 Å². The molecule has 0 radical (unpaired) electrons. The predicted molar refractivity (Wildman–Crippen MR) is 135 cm³/mol. The number of benzene rings is 1. The van der Waals surface area contributed by atoms with E-state index in [1.807, 2.05) is 32.0 Å². The van der Waals surface area contributed by atoms with Crippen LogP contribution in [0, 0.1) is 5.92 Å². The number of rotatable bonds is 12. The highest BCUT2D eigenvalue weighted by atomic mass is 16.5. The SMILES string of the molecule is CC(C)C[C@@H](C(=O)Nc1ccn(C[C@@H](O)CO)n1)n1cc(Oc2cccc(CC(C)(C)O)c2)cc1O. The molecule has 0 bridgehead atoms. The number of hydrogen-bond donors (Lipinski definition) is 5. The van der Waals surface area contributed by atoms with Crippen molar-refractivity contribution in [2.45, 2.75) is 64.8 Å². The fourth-order valence-corrected chi connectivity index (χ4v) is 3.91. The monoisotopic (exact) mass is 500 g/mol. The first-order valence-electron chi connectivity index (χ1n) is 12.0. The normalized spacial score (nSPS) is 13.6. The number of aliphatic hydroxyl groups is 3. The lowest BCUT2D eigenvalue weighted by atomic mass is 9.99. The molecule has 2 atom stereocenters. The third kappa shape index (κ3) is 7.84. The quantitative estimate of drug-likeness (QED) is 0.257. The smallest absolute Gasteiger partial charge is 0.248 e. The highest BCUT2D eigenvalue weighted by molar-refractivity contribution is 5.93. The molecule has 0 saturated heterocycles. The molecule has 1 amide bonds. The van der Waals surface area contributed by atoms with Crippen LogP contribution in [0.4, 0.5) is 5.82 Å². The zero-order valence-electron chi connectivity index (χ0n) is 21.1. The first-order chi connectivity index (χ1) is 16.9. The van der Waals surface area contributed by atoms with Crippen LogP contribution >= 0.6 is 0 Å². The lowest BCUT2D eigenvalue weighted by Crippen LogP contribution is -2.27. The number of aromatic hydroxyl groups is 1. The summed E-state index contributed by atoms with van der Waals surface area (Å²) in [6.45, 7) is 7.15. The zero-order valence-corrected chi connectivity index (χ0v) is 21.1. The van der Waals surface area contributed by atoms with Gasteiger partial charge < -0.3 is 35.0 Å². The van der Waals surface area contributed by atoms with E-state index in [9.17, 15) is 20.1 Å². The van der Waals surface area contributed by atoms with Crippen molar-refractivity contribution in [1.82, 2.24) is 14.3 Å². The second-order valence-corrected chi connectivity index (χ2v) is 10.1. The highest BCUT2D eigenvalue weighted by Gasteiger charge is 2.26. The topological polar surface area (TPSA) is 142 Å². The average Bonchev–Trinajstić information content (AvgIpc) is 3.36. The minimum Gasteiger partial charge on any atom is -0.494 e. The molecule has 2 aromatic heterocycles. The number of hydrogen-bond acceptors (Lipinski definition) is 7. The number of aromatic nitrogens is 3. The number of aliphatic hydroxyl groups excluding tert-OH is 2. The first kappa shape index (κ1) is 27.3. The van der Waals surface area contributed by atoms with Crippen molar-refractivity contribution in [2.24, 2.45) is 5.92 Å². The van der Waals surface area contributed by atoms with E-state index < -0.39 is 17.7 Å². The summed E-state index contributed by atoms with van der Waals surface area (Å²) in [5.41, 5.74) is 0.0539. The van der Waals surface area contributed by atoms with Crippen molar-refractivity contribution in [2.75, 3.05) is 11.9 Å². The Labute approximate surface area is 210 Å². The van der Waals surface area contributed by atoms with E-state index in [0.717, 1.165) is 5.56 Å². The second kappa shape index (κ2) is 11.6. The number of amides is 1. The molecule has 10 nitrogen and oxygen atoms in total. The number of carbonyl (C=O) groups excluding carboxylic acids is 1. The molecular formula is C26H36N4O6. The molecule has 0 unspecified atom stereocenters. The fraction of sp³-hybridized carbons (Fsp3) is 0.462. The van der Waals surface area contributed by atoms with Crippen LogP contribution in [0.25, 0.3) is 0 Å². The van der Waals surface area contributed by atoms with Crippen LogP contribution in [-0.4, -0.2) is 59.0 Å². The van der Waals surface area contributed by atoms with Gasteiger partial charge in [-0.25, -0.2) is 0 Å². The summed E-state index contributed by atoms with van der Waals surface area (Å²) in [5.74, 6) is 0.899. The van der Waals surface area contributed by atoms with Crippen LogP contribution in [0.15, 0.2) is 48.8 Å². The van der Waals surface area contributed by atoms with Gasteiger partial charge in [-0.1, -0.05) is 26.0 Å². The third-order valence-electron chi connectivity index (χ3n) is 5.41. The van der Waals surface area contributed by atoms with Gasteiger partial charge in [0.15, 0.2) is 11.7 Å². The van der Waals surface area contributed by atoms with Crippen molar-refractivity contribution in [3.63, 3.8) is 0 Å². The van der Waals surface area contributed by atoms with Crippen LogP contribution < -0.4 is 10.1 Å². The molecule has 0 spiro atoms. The molecule has 0 aliphatic carbocycles. The Bertz CT molecular complexity index is 1150. The van der Waals surface area contributed by atoms with Crippen molar-refractivity contribution in [3.8, 4) is 17.4 Å². The molecule has 0 aliphatic heterocycles. The standard InChI is InChI=1S/C26H36N4O6/c1-17(2)10-22(25(34)27-23-8-9-29(28-23)14-19(32)16-31)30-15-21(12-24(30)33)36-20-7-5-6-18(11-20)13-26(3,4)35/h5-9,11-12,15,17,19,22,31-33,35H,10,13-14,16H2,1-4H3,(H,27,28,34)/t19-,22+/m1/s1. The predicted octanol–water partition coefficient (Wildman–Crippen LogP) is 3.08. The van der Waals surface area contributed by atoms with Gasteiger partial charge in [0.05, 0.1) is 31.1 Å². The third-order valence-corrected chi connectivity index (χ3v) is 5.41. The second-order valence-electron chi connectivity index (χ2n) is 10.1. The number of nitrogens with one attached hydrogen (secondary N) is 1. The molecule has 0 fully saturated rings. The van der Waals surface area contributed by atoms with Gasteiger partial charge >= 0.3 is 0 Å². The van der Waals surface area contributed by atoms with Gasteiger partial charge in [0, 0.05) is 24.8 Å². The van der Waals surface area contributed by atoms with Crippen molar-refractivity contribution >= 4 is 11.7 Å². The summed E-state index contributed by atoms with van der Waals surface area (Å²) in [5, 5.41) is 46.3. The molecule has 3 rings (SSSR count). The summed E-state index contributed by atoms with van der Waals surface area (Å²) in [7, 11) is 0. The summed E-state index contributed by atoms with van der Waals surface area (Å²) in [4.78, 5) is 13.2. The van der Waals surface area contributed by atoms with Gasteiger partial charge in [-0.05, 0) is 43.9 Å². The van der Waals surface area contributed by atoms with Gasteiger partial charge in [0.25, 0.3) is 0 Å². The molecular weight excluding hydrogens is 464 g/mol. The lowest BCUT2D eigenvalue weighted by molar-refractivity contribution is -0.119. The molecule has 5 N–H and O–H groups in total. The number of anilines is 1. The maximum absolute atomic E-state index is 13.2. The summed E-state index contributed by atoms with van der Waals surface area (Å²) < 4.78 is 8.84. The Morgan fingerprint density at radius 1 is 1.19 bits per heavy atom. The molecule has 36 heavy (non-hydrogen) atoms. The Kier molecular flexibility index (Phi) is 8.78. The Morgan fingerprint density at radius 2 is 1.94 bits per heavy atom. The van der Waals surface area contributed by atoms with Crippen molar-refractivity contribution in [1.29, 1.82) is 0 Å². The lowest BCUT2D eigenvalue weighted by Gasteiger charge is -2.20. The van der Waals surface area contributed by atoms with Crippen LogP contribution in [0.3, 0.4) is 0 Å². The van der Waals surface area contributed by atoms with E-state index in [2.05, 4.69) is 10.4 Å². The van der Waals surface area contributed by atoms with Crippen LogP contribution in [0.5, 0.6) is 17.4 Å². The van der Waals surface area contributed by atoms with Gasteiger partial charge in [-0.15, -0.1) is 0 Å². The Balaban J connectivity index is 1.77. The van der Waals surface area contributed by atoms with E-state index in [-0.39, 0.29) is 30.9 Å². The number of nitrogens with zero attached hydrogens (tertiary/aromatic N) is 3. The highest BCUT2D eigenvalue weighted by Crippen LogP contribution is 2.33. The maximum Gasteiger partial charge on any atom is 0.248 e. The van der Waals surface area contributed by atoms with Crippen LogP contribution in [0.1, 0.15) is 45.7 Å². The summed E-state index contributed by atoms with van der Waals surface area (Å²) in [6.07, 6.45) is 3.14. The van der Waals surface area contributed by atoms with Crippen molar-refractivity contribution in [3.05, 3.63) is 54.4 Å². The van der Waals surface area contributed by atoms with Gasteiger partial charge in [0.2, 0.25) is 5.91 Å². The first-order valence-corrected chi connectivity index (χ1v) is 12.0. The molecule has 1 aromatic carbocycles. The Hall–Kier alpha value is -3.34. The van der Waals surface area contributed by atoms with E-state index in [1.54, 1.807) is 38.4 Å². The van der Waals surface area contributed by atoms with Crippen LogP contribution in [0.2, 0.25) is 0 Å². The summed E-state index contributed by atoms with van der Waals surface area (Å²) >= 11 is 0. The zero-order chi connectivity index (χ0) is 26.5. The minimum absolute atomic E-state index is 0.0951. The molecule has 0 aliphatic rings. The molecule has 3 aromatic rings. The largest absolute Gasteiger partial charge is 0.494 e. The minimum atomic E-state index is -0.951.